The minimum atomic E-state index is -5.18. The second-order valence-corrected chi connectivity index (χ2v) is 12.5. The number of benzene rings is 4. The molecule has 0 radical (unpaired) electrons. The van der Waals surface area contributed by atoms with Gasteiger partial charge in [0.1, 0.15) is 11.9 Å². The van der Waals surface area contributed by atoms with Gasteiger partial charge in [0, 0.05) is 5.56 Å². The van der Waals surface area contributed by atoms with Crippen LogP contribution in [-0.2, 0) is 44.1 Å². The number of aryl methyl sites for hydroxylation is 1. The highest BCUT2D eigenvalue weighted by atomic mass is 19.4. The minimum Gasteiger partial charge on any atom is -0.496 e. The van der Waals surface area contributed by atoms with Gasteiger partial charge in [0.15, 0.2) is 6.61 Å². The lowest BCUT2D eigenvalue weighted by molar-refractivity contribution is -0.144. The summed E-state index contributed by atoms with van der Waals surface area (Å²) in [6.45, 7) is 5.76. The molecule has 1 fully saturated rings. The number of methoxy groups -OCH3 is 2. The number of ether oxygens (including phenoxy) is 4. The second-order valence-electron chi connectivity index (χ2n) is 12.5. The molecule has 8 nitrogen and oxygen atoms in total. The van der Waals surface area contributed by atoms with Crippen LogP contribution < -0.4 is 4.74 Å². The van der Waals surface area contributed by atoms with Gasteiger partial charge < -0.3 is 18.9 Å². The summed E-state index contributed by atoms with van der Waals surface area (Å²) in [6.07, 6.45) is -18.0. The zero-order chi connectivity index (χ0) is 42.6. The number of esters is 2. The molecule has 0 aliphatic carbocycles. The number of amides is 1. The van der Waals surface area contributed by atoms with Crippen LogP contribution >= 0.6 is 0 Å². The molecule has 4 aromatic rings. The highest BCUT2D eigenvalue weighted by Gasteiger charge is 2.44. The van der Waals surface area contributed by atoms with Crippen molar-refractivity contribution < 1.29 is 72.8 Å². The number of carbonyl (C=O) groups is 3. The van der Waals surface area contributed by atoms with Crippen molar-refractivity contribution in [2.24, 2.45) is 0 Å². The van der Waals surface area contributed by atoms with Crippen LogP contribution in [0.25, 0.3) is 22.3 Å². The third kappa shape index (κ3) is 9.99. The molecular formula is C40H36F9NO7. The van der Waals surface area contributed by atoms with E-state index in [1.165, 1.54) is 26.2 Å². The molecule has 2 unspecified atom stereocenters. The van der Waals surface area contributed by atoms with Crippen molar-refractivity contribution in [1.82, 2.24) is 4.90 Å². The molecular weight excluding hydrogens is 777 g/mol. The van der Waals surface area contributed by atoms with Crippen molar-refractivity contribution in [2.45, 2.75) is 64.9 Å². The summed E-state index contributed by atoms with van der Waals surface area (Å²) in [5.41, 5.74) is -2.87. The Balaban J connectivity index is 0.00000354. The molecule has 2 atom stereocenters. The lowest BCUT2D eigenvalue weighted by Crippen LogP contribution is -2.32. The molecule has 1 amide bonds. The Morgan fingerprint density at radius 3 is 1.88 bits per heavy atom. The van der Waals surface area contributed by atoms with Crippen molar-refractivity contribution in [3.05, 3.63) is 112 Å². The molecule has 17 heteroatoms. The van der Waals surface area contributed by atoms with Gasteiger partial charge in [0.2, 0.25) is 0 Å². The van der Waals surface area contributed by atoms with E-state index in [9.17, 15) is 53.9 Å². The summed E-state index contributed by atoms with van der Waals surface area (Å²) in [5, 5.41) is 0. The van der Waals surface area contributed by atoms with Gasteiger partial charge in [-0.2, -0.15) is 39.5 Å². The smallest absolute Gasteiger partial charge is 0.416 e. The summed E-state index contributed by atoms with van der Waals surface area (Å²) < 4.78 is 144. The Hall–Kier alpha value is -5.74. The topological polar surface area (TPSA) is 91.4 Å². The summed E-state index contributed by atoms with van der Waals surface area (Å²) >= 11 is 0. The first-order chi connectivity index (χ1) is 26.6. The number of hydrogen-bond acceptors (Lipinski definition) is 7. The SMILES string of the molecule is CC.COC(=O)COC(=O)c1ccc(-c2ccc(OC)c(-c3ccc(C(F)(F)F)cc3CN3C(=O)OC(c4cc(C(F)(F)F)cc(C(F)(F)F)c4)C3C)c2)c(C)c1. The monoisotopic (exact) mass is 813 g/mol. The maximum Gasteiger partial charge on any atom is 0.416 e. The van der Waals surface area contributed by atoms with E-state index in [0.29, 0.717) is 28.8 Å². The van der Waals surface area contributed by atoms with E-state index in [1.807, 2.05) is 13.8 Å². The minimum absolute atomic E-state index is 0.0728. The number of alkyl halides is 9. The first-order valence-corrected chi connectivity index (χ1v) is 17.1. The molecule has 4 aromatic carbocycles. The molecule has 5 rings (SSSR count). The van der Waals surface area contributed by atoms with E-state index in [1.54, 1.807) is 31.2 Å². The Bertz CT molecular complexity index is 2100. The van der Waals surface area contributed by atoms with Crippen LogP contribution in [0.4, 0.5) is 44.3 Å². The number of carbonyl (C=O) groups excluding carboxylic acids is 3. The van der Waals surface area contributed by atoms with Gasteiger partial charge in [-0.1, -0.05) is 32.0 Å². The van der Waals surface area contributed by atoms with Gasteiger partial charge in [-0.25, -0.2) is 14.4 Å². The highest BCUT2D eigenvalue weighted by Crippen LogP contribution is 2.44. The van der Waals surface area contributed by atoms with Gasteiger partial charge in [0.05, 0.1) is 49.1 Å². The van der Waals surface area contributed by atoms with Gasteiger partial charge in [-0.3, -0.25) is 4.90 Å². The quantitative estimate of drug-likeness (QED) is 0.0944. The molecule has 57 heavy (non-hydrogen) atoms. The molecule has 0 bridgehead atoms. The van der Waals surface area contributed by atoms with Crippen LogP contribution in [0.2, 0.25) is 0 Å². The average Bonchev–Trinajstić information content (AvgIpc) is 3.44. The van der Waals surface area contributed by atoms with Crippen LogP contribution in [0.5, 0.6) is 5.75 Å². The normalized spacial score (nSPS) is 15.7. The summed E-state index contributed by atoms with van der Waals surface area (Å²) in [7, 11) is 2.45. The fourth-order valence-corrected chi connectivity index (χ4v) is 6.12. The molecule has 1 aliphatic rings. The van der Waals surface area contributed by atoms with Crippen molar-refractivity contribution in [2.75, 3.05) is 20.8 Å². The van der Waals surface area contributed by atoms with E-state index in [0.717, 1.165) is 30.2 Å². The lowest BCUT2D eigenvalue weighted by Gasteiger charge is -2.24. The number of cyclic esters (lactones) is 1. The first kappa shape index (κ1) is 44.0. The summed E-state index contributed by atoms with van der Waals surface area (Å²) in [5.74, 6) is -1.36. The fourth-order valence-electron chi connectivity index (χ4n) is 6.12. The Labute approximate surface area is 321 Å². The van der Waals surface area contributed by atoms with E-state index < -0.39 is 84.1 Å². The van der Waals surface area contributed by atoms with E-state index >= 15 is 0 Å². The maximum absolute atomic E-state index is 14.0. The number of hydrogen-bond donors (Lipinski definition) is 0. The molecule has 1 aliphatic heterocycles. The predicted octanol–water partition coefficient (Wildman–Crippen LogP) is 10.8. The van der Waals surface area contributed by atoms with Crippen LogP contribution in [0.1, 0.15) is 70.6 Å². The van der Waals surface area contributed by atoms with Gasteiger partial charge in [-0.15, -0.1) is 0 Å². The number of nitrogens with zero attached hydrogens (tertiary/aromatic N) is 1. The third-order valence-electron chi connectivity index (χ3n) is 8.92. The van der Waals surface area contributed by atoms with E-state index in [4.69, 9.17) is 14.2 Å². The second kappa shape index (κ2) is 17.2. The largest absolute Gasteiger partial charge is 0.496 e. The van der Waals surface area contributed by atoms with E-state index in [2.05, 4.69) is 4.74 Å². The van der Waals surface area contributed by atoms with E-state index in [-0.39, 0.29) is 34.1 Å². The zero-order valence-electron chi connectivity index (χ0n) is 31.2. The molecule has 0 saturated carbocycles. The summed E-state index contributed by atoms with van der Waals surface area (Å²) in [6, 6.07) is 11.6. The average molecular weight is 814 g/mol. The maximum atomic E-state index is 14.0. The van der Waals surface area contributed by atoms with Crippen LogP contribution in [0, 0.1) is 6.92 Å². The predicted molar refractivity (Wildman–Crippen MR) is 188 cm³/mol. The Morgan fingerprint density at radius 2 is 1.33 bits per heavy atom. The molecule has 1 saturated heterocycles. The standard InChI is InChI=1S/C38H30F9NO7.C2H6/c1-19-11-22(34(50)54-18-32(49)53-4)5-8-28(19)21-6-10-31(52-3)30(15-21)29-9-7-25(36(39,40)41)14-24(29)17-48-20(2)33(55-35(48)51)23-12-26(37(42,43)44)16-27(13-23)38(45,46)47;1-2/h5-16,20,33H,17-18H2,1-4H3;1-2H3. The first-order valence-electron chi connectivity index (χ1n) is 17.1. The van der Waals surface area contributed by atoms with Crippen LogP contribution in [0.15, 0.2) is 72.8 Å². The van der Waals surface area contributed by atoms with Crippen LogP contribution in [0.3, 0.4) is 0 Å². The van der Waals surface area contributed by atoms with Crippen molar-refractivity contribution in [3.8, 4) is 28.0 Å². The number of rotatable bonds is 9. The lowest BCUT2D eigenvalue weighted by atomic mass is 9.91. The molecule has 306 valence electrons. The van der Waals surface area contributed by atoms with Gasteiger partial charge >= 0.3 is 36.6 Å². The highest BCUT2D eigenvalue weighted by molar-refractivity contribution is 5.92. The van der Waals surface area contributed by atoms with Gasteiger partial charge in [-0.05, 0) is 102 Å². The van der Waals surface area contributed by atoms with Crippen LogP contribution in [-0.4, -0.2) is 49.8 Å². The Morgan fingerprint density at radius 1 is 0.737 bits per heavy atom. The molecule has 0 spiro atoms. The van der Waals surface area contributed by atoms with Crippen molar-refractivity contribution in [1.29, 1.82) is 0 Å². The third-order valence-corrected chi connectivity index (χ3v) is 8.92. The van der Waals surface area contributed by atoms with Crippen molar-refractivity contribution in [3.63, 3.8) is 0 Å². The molecule has 0 N–H and O–H groups in total. The Kier molecular flexibility index (Phi) is 13.3. The number of halogens is 9. The zero-order valence-corrected chi connectivity index (χ0v) is 31.2. The summed E-state index contributed by atoms with van der Waals surface area (Å²) in [4.78, 5) is 37.9. The molecule has 0 aromatic heterocycles. The molecule has 1 heterocycles. The fraction of sp³-hybridized carbons (Fsp3) is 0.325. The van der Waals surface area contributed by atoms with Crippen molar-refractivity contribution >= 4 is 18.0 Å². The van der Waals surface area contributed by atoms with Gasteiger partial charge in [0.25, 0.3) is 0 Å².